The number of aromatic nitrogens is 1. The summed E-state index contributed by atoms with van der Waals surface area (Å²) in [6, 6.07) is 4.21. The molecule has 13 heteroatoms. The highest BCUT2D eigenvalue weighted by Crippen LogP contribution is 2.25. The Labute approximate surface area is 334 Å². The number of para-hydroxylation sites is 1. The summed E-state index contributed by atoms with van der Waals surface area (Å²) in [5, 5.41) is 15.6. The van der Waals surface area contributed by atoms with Crippen molar-refractivity contribution in [1.82, 2.24) is 36.1 Å². The molecule has 2 unspecified atom stereocenters. The molecule has 5 amide bonds. The molecule has 3 heterocycles. The SMILES string of the molecule is CCC(C)[C@@H]1NC(=O)C(Cc2cn(CC(=O)NCCCCCCNC)c3ccccc23)NC(=O)[C@H](C)NC(=O)[C@H]2CCCCN2C1=O.CCCCCC(=O)CC. The maximum atomic E-state index is 14.0. The molecule has 2 aromatic rings. The van der Waals surface area contributed by atoms with Crippen molar-refractivity contribution in [2.75, 3.05) is 26.7 Å². The van der Waals surface area contributed by atoms with Crippen LogP contribution in [0, 0.1) is 5.92 Å². The fraction of sp³-hybridized carbons (Fsp3) is 0.674. The summed E-state index contributed by atoms with van der Waals surface area (Å²) in [6.45, 7) is 11.7. The van der Waals surface area contributed by atoms with E-state index in [-0.39, 0.29) is 36.6 Å². The molecule has 0 aliphatic carbocycles. The molecule has 0 radical (unpaired) electrons. The molecule has 1 aromatic heterocycles. The lowest BCUT2D eigenvalue weighted by Crippen LogP contribution is -2.64. The number of benzene rings is 1. The van der Waals surface area contributed by atoms with Gasteiger partial charge in [-0.1, -0.05) is 78.0 Å². The first-order chi connectivity index (χ1) is 26.9. The number of unbranched alkanes of at least 4 members (excludes halogenated alkanes) is 5. The average Bonchev–Trinajstić information content (AvgIpc) is 3.54. The molecule has 5 N–H and O–H groups in total. The van der Waals surface area contributed by atoms with E-state index in [1.54, 1.807) is 11.8 Å². The van der Waals surface area contributed by atoms with Crippen molar-refractivity contribution < 1.29 is 28.8 Å². The Morgan fingerprint density at radius 2 is 1.61 bits per heavy atom. The second-order valence-corrected chi connectivity index (χ2v) is 15.4. The Bertz CT molecular complexity index is 1590. The average molecular weight is 780 g/mol. The van der Waals surface area contributed by atoms with Gasteiger partial charge in [0.2, 0.25) is 29.5 Å². The van der Waals surface area contributed by atoms with Crippen molar-refractivity contribution in [2.45, 2.75) is 155 Å². The first kappa shape index (κ1) is 46.1. The lowest BCUT2D eigenvalue weighted by molar-refractivity contribution is -0.147. The molecular weight excluding hydrogens is 711 g/mol. The highest BCUT2D eigenvalue weighted by atomic mass is 16.2. The third-order valence-electron chi connectivity index (χ3n) is 11.0. The number of piperidine rings is 1. The minimum absolute atomic E-state index is 0.0972. The Morgan fingerprint density at radius 3 is 2.30 bits per heavy atom. The molecule has 0 spiro atoms. The van der Waals surface area contributed by atoms with Crippen LogP contribution >= 0.6 is 0 Å². The van der Waals surface area contributed by atoms with Crippen molar-refractivity contribution in [1.29, 1.82) is 0 Å². The van der Waals surface area contributed by atoms with Gasteiger partial charge in [-0.2, -0.15) is 0 Å². The quantitative estimate of drug-likeness (QED) is 0.138. The van der Waals surface area contributed by atoms with Gasteiger partial charge in [-0.25, -0.2) is 0 Å². The van der Waals surface area contributed by atoms with Crippen LogP contribution in [-0.4, -0.2) is 95.6 Å². The first-order valence-electron chi connectivity index (χ1n) is 21.2. The molecule has 2 saturated heterocycles. The third-order valence-corrected chi connectivity index (χ3v) is 11.0. The van der Waals surface area contributed by atoms with E-state index >= 15 is 0 Å². The summed E-state index contributed by atoms with van der Waals surface area (Å²) in [5.74, 6) is -1.46. The summed E-state index contributed by atoms with van der Waals surface area (Å²) >= 11 is 0. The summed E-state index contributed by atoms with van der Waals surface area (Å²) in [6.07, 6.45) is 13.9. The second-order valence-electron chi connectivity index (χ2n) is 15.4. The number of Topliss-reactive ketones (excluding diaryl/α,β-unsaturated/α-hetero) is 1. The minimum Gasteiger partial charge on any atom is -0.355 e. The number of nitrogens with zero attached hydrogens (tertiary/aromatic N) is 2. The Hall–Kier alpha value is -4.26. The van der Waals surface area contributed by atoms with Crippen molar-refractivity contribution in [3.05, 3.63) is 36.0 Å². The lowest BCUT2D eigenvalue weighted by atomic mass is 9.93. The molecule has 2 aliphatic rings. The van der Waals surface area contributed by atoms with Crippen LogP contribution in [0.25, 0.3) is 10.9 Å². The highest BCUT2D eigenvalue weighted by molar-refractivity contribution is 5.98. The number of hydrogen-bond donors (Lipinski definition) is 5. The van der Waals surface area contributed by atoms with Crippen molar-refractivity contribution in [3.63, 3.8) is 0 Å². The Kier molecular flexibility index (Phi) is 20.1. The fourth-order valence-electron chi connectivity index (χ4n) is 7.27. The largest absolute Gasteiger partial charge is 0.355 e. The van der Waals surface area contributed by atoms with Gasteiger partial charge in [0.1, 0.15) is 36.5 Å². The van der Waals surface area contributed by atoms with Gasteiger partial charge in [0.25, 0.3) is 0 Å². The highest BCUT2D eigenvalue weighted by Gasteiger charge is 2.40. The predicted molar refractivity (Wildman–Crippen MR) is 221 cm³/mol. The summed E-state index contributed by atoms with van der Waals surface area (Å²) in [5.41, 5.74) is 1.62. The van der Waals surface area contributed by atoms with E-state index in [0.29, 0.717) is 38.1 Å². The Balaban J connectivity index is 0.000000830. The van der Waals surface area contributed by atoms with Gasteiger partial charge >= 0.3 is 0 Å². The van der Waals surface area contributed by atoms with Gasteiger partial charge in [0.15, 0.2) is 0 Å². The molecule has 0 saturated carbocycles. The molecule has 2 fully saturated rings. The standard InChI is InChI=1S/C35H53N7O5.C8H16O/c1-5-23(2)31-35(47)42-19-13-10-16-29(42)34(46)38-24(3)32(44)39-27(33(45)40-31)20-25-21-41(28-15-9-8-14-26(25)28)22-30(43)37-18-12-7-6-11-17-36-4;1-3-5-6-7-8(9)4-2/h8-9,14-15,21,23-24,27,29,31,36H,5-7,10-13,16-20,22H2,1-4H3,(H,37,43)(H,38,46)(H,39,44)(H,40,45);3-7H2,1-2H3/t23?,24-,27?,29+,31-;/m0./s1. The number of rotatable bonds is 18. The Morgan fingerprint density at radius 1 is 0.875 bits per heavy atom. The number of hydrogen-bond acceptors (Lipinski definition) is 7. The van der Waals surface area contributed by atoms with Gasteiger partial charge in [0.05, 0.1) is 0 Å². The first-order valence-corrected chi connectivity index (χ1v) is 21.2. The number of carbonyl (C=O) groups excluding carboxylic acids is 6. The lowest BCUT2D eigenvalue weighted by Gasteiger charge is -2.39. The zero-order chi connectivity index (χ0) is 41.0. The molecule has 56 heavy (non-hydrogen) atoms. The molecule has 5 atom stereocenters. The van der Waals surface area contributed by atoms with Crippen LogP contribution in [0.3, 0.4) is 0 Å². The summed E-state index contributed by atoms with van der Waals surface area (Å²) in [4.78, 5) is 79.8. The minimum atomic E-state index is -1.02. The van der Waals surface area contributed by atoms with Crippen molar-refractivity contribution in [3.8, 4) is 0 Å². The van der Waals surface area contributed by atoms with E-state index in [4.69, 9.17) is 0 Å². The number of carbonyl (C=O) groups is 6. The van der Waals surface area contributed by atoms with Crippen molar-refractivity contribution >= 4 is 46.2 Å². The maximum absolute atomic E-state index is 14.0. The van der Waals surface area contributed by atoms with E-state index in [0.717, 1.165) is 74.4 Å². The molecule has 4 rings (SSSR count). The van der Waals surface area contributed by atoms with Gasteiger partial charge in [-0.15, -0.1) is 0 Å². The second kappa shape index (κ2) is 24.4. The number of amides is 5. The molecule has 0 bridgehead atoms. The van der Waals surface area contributed by atoms with E-state index in [1.165, 1.54) is 12.8 Å². The predicted octanol–water partition coefficient (Wildman–Crippen LogP) is 4.54. The van der Waals surface area contributed by atoms with Crippen LogP contribution in [-0.2, 0) is 41.7 Å². The van der Waals surface area contributed by atoms with E-state index in [9.17, 15) is 28.8 Å². The van der Waals surface area contributed by atoms with Crippen molar-refractivity contribution in [2.24, 2.45) is 5.92 Å². The van der Waals surface area contributed by atoms with Gasteiger partial charge in [0, 0.05) is 49.5 Å². The molecular formula is C43H69N7O6. The maximum Gasteiger partial charge on any atom is 0.246 e. The van der Waals surface area contributed by atoms with Gasteiger partial charge in [-0.05, 0) is 76.6 Å². The van der Waals surface area contributed by atoms with Crippen LogP contribution < -0.4 is 26.6 Å². The number of ketones is 1. The van der Waals surface area contributed by atoms with Crippen LogP contribution in [0.15, 0.2) is 30.5 Å². The van der Waals surface area contributed by atoms with Gasteiger partial charge < -0.3 is 36.1 Å². The normalized spacial score (nSPS) is 21.0. The van der Waals surface area contributed by atoms with E-state index in [1.807, 2.05) is 62.8 Å². The van der Waals surface area contributed by atoms with Crippen LogP contribution in [0.1, 0.15) is 124 Å². The molecule has 312 valence electrons. The zero-order valence-corrected chi connectivity index (χ0v) is 34.8. The van der Waals surface area contributed by atoms with Crippen LogP contribution in [0.5, 0.6) is 0 Å². The van der Waals surface area contributed by atoms with Crippen LogP contribution in [0.4, 0.5) is 0 Å². The summed E-state index contributed by atoms with van der Waals surface area (Å²) in [7, 11) is 1.94. The number of nitrogens with one attached hydrogen (secondary N) is 5. The van der Waals surface area contributed by atoms with Crippen LogP contribution in [0.2, 0.25) is 0 Å². The molecule has 2 aliphatic heterocycles. The summed E-state index contributed by atoms with van der Waals surface area (Å²) < 4.78 is 1.87. The fourth-order valence-corrected chi connectivity index (χ4v) is 7.27. The molecule has 13 nitrogen and oxygen atoms in total. The monoisotopic (exact) mass is 780 g/mol. The zero-order valence-electron chi connectivity index (χ0n) is 34.8. The van der Waals surface area contributed by atoms with Gasteiger partial charge in [-0.3, -0.25) is 28.8 Å². The number of fused-ring (bicyclic) bond motifs is 2. The van der Waals surface area contributed by atoms with E-state index in [2.05, 4.69) is 33.5 Å². The topological polar surface area (TPSA) is 171 Å². The van der Waals surface area contributed by atoms with E-state index < -0.39 is 36.0 Å². The third kappa shape index (κ3) is 14.0. The molecule has 1 aromatic carbocycles. The smallest absolute Gasteiger partial charge is 0.246 e.